The first-order valence-corrected chi connectivity index (χ1v) is 6.97. The first-order chi connectivity index (χ1) is 9.34. The van der Waals surface area contributed by atoms with Crippen molar-refractivity contribution in [2.24, 2.45) is 0 Å². The molecule has 2 unspecified atom stereocenters. The molecule has 96 valence electrons. The summed E-state index contributed by atoms with van der Waals surface area (Å²) in [5.74, 6) is 0.918. The topological polar surface area (TPSA) is 17.1 Å². The van der Waals surface area contributed by atoms with Crippen LogP contribution >= 0.6 is 0 Å². The van der Waals surface area contributed by atoms with Crippen LogP contribution in [0.25, 0.3) is 0 Å². The maximum atomic E-state index is 12.4. The molecule has 0 bridgehead atoms. The number of ketones is 1. The van der Waals surface area contributed by atoms with Gasteiger partial charge in [-0.15, -0.1) is 0 Å². The van der Waals surface area contributed by atoms with E-state index in [0.717, 1.165) is 12.8 Å². The fourth-order valence-electron chi connectivity index (χ4n) is 3.06. The zero-order valence-corrected chi connectivity index (χ0v) is 11.0. The van der Waals surface area contributed by atoms with Crippen molar-refractivity contribution in [3.63, 3.8) is 0 Å². The molecule has 1 nitrogen and oxygen atoms in total. The van der Waals surface area contributed by atoms with Crippen LogP contribution in [0.4, 0.5) is 0 Å². The van der Waals surface area contributed by atoms with Gasteiger partial charge in [0.2, 0.25) is 0 Å². The average molecular weight is 250 g/mol. The molecule has 2 atom stereocenters. The fraction of sp³-hybridized carbons (Fsp3) is 0.278. The molecule has 0 heterocycles. The molecule has 2 aromatic carbocycles. The van der Waals surface area contributed by atoms with Crippen LogP contribution in [-0.2, 0) is 4.79 Å². The Hall–Kier alpha value is -1.89. The van der Waals surface area contributed by atoms with Crippen molar-refractivity contribution in [1.29, 1.82) is 0 Å². The van der Waals surface area contributed by atoms with Gasteiger partial charge in [0, 0.05) is 12.3 Å². The van der Waals surface area contributed by atoms with Crippen LogP contribution in [0.3, 0.4) is 0 Å². The molecular weight excluding hydrogens is 232 g/mol. The van der Waals surface area contributed by atoms with E-state index in [2.05, 4.69) is 36.4 Å². The standard InChI is InChI=1S/C18H18O/c19-18-13-16(14-7-3-1-4-8-14)11-12-17(18)15-9-5-2-6-10-15/h1-10,16-17H,11-13H2. The van der Waals surface area contributed by atoms with Crippen LogP contribution in [0.1, 0.15) is 42.2 Å². The van der Waals surface area contributed by atoms with E-state index in [1.807, 2.05) is 24.3 Å². The molecule has 1 heteroatoms. The minimum absolute atomic E-state index is 0.112. The Kier molecular flexibility index (Phi) is 3.45. The third-order valence-corrected chi connectivity index (χ3v) is 4.11. The molecule has 1 saturated carbocycles. The Morgan fingerprint density at radius 1 is 0.737 bits per heavy atom. The van der Waals surface area contributed by atoms with Crippen LogP contribution in [0.5, 0.6) is 0 Å². The lowest BCUT2D eigenvalue weighted by Crippen LogP contribution is -2.22. The van der Waals surface area contributed by atoms with Gasteiger partial charge in [-0.2, -0.15) is 0 Å². The second-order valence-corrected chi connectivity index (χ2v) is 5.32. The summed E-state index contributed by atoms with van der Waals surface area (Å²) < 4.78 is 0. The molecule has 0 spiro atoms. The summed E-state index contributed by atoms with van der Waals surface area (Å²) in [5.41, 5.74) is 2.49. The minimum Gasteiger partial charge on any atom is -0.299 e. The van der Waals surface area contributed by atoms with Crippen LogP contribution in [-0.4, -0.2) is 5.78 Å². The van der Waals surface area contributed by atoms with Crippen molar-refractivity contribution in [1.82, 2.24) is 0 Å². The van der Waals surface area contributed by atoms with Crippen LogP contribution in [0.15, 0.2) is 60.7 Å². The van der Waals surface area contributed by atoms with E-state index in [1.54, 1.807) is 0 Å². The lowest BCUT2D eigenvalue weighted by atomic mass is 9.75. The van der Waals surface area contributed by atoms with Gasteiger partial charge in [0.25, 0.3) is 0 Å². The van der Waals surface area contributed by atoms with E-state index in [4.69, 9.17) is 0 Å². The van der Waals surface area contributed by atoms with Gasteiger partial charge in [-0.25, -0.2) is 0 Å². The summed E-state index contributed by atoms with van der Waals surface area (Å²) in [6.07, 6.45) is 2.77. The predicted molar refractivity (Wildman–Crippen MR) is 77.2 cm³/mol. The highest BCUT2D eigenvalue weighted by Crippen LogP contribution is 2.37. The average Bonchev–Trinajstić information content (AvgIpc) is 2.49. The Morgan fingerprint density at radius 3 is 1.89 bits per heavy atom. The van der Waals surface area contributed by atoms with Gasteiger partial charge in [0.15, 0.2) is 0 Å². The van der Waals surface area contributed by atoms with Gasteiger partial charge >= 0.3 is 0 Å². The van der Waals surface area contributed by atoms with Crippen molar-refractivity contribution < 1.29 is 4.79 Å². The minimum atomic E-state index is 0.112. The third-order valence-electron chi connectivity index (χ3n) is 4.11. The molecule has 0 N–H and O–H groups in total. The summed E-state index contributed by atoms with van der Waals surface area (Å²) in [6.45, 7) is 0. The largest absolute Gasteiger partial charge is 0.299 e. The number of carbonyl (C=O) groups excluding carboxylic acids is 1. The summed E-state index contributed by atoms with van der Waals surface area (Å²) in [7, 11) is 0. The Bertz CT molecular complexity index is 544. The maximum absolute atomic E-state index is 12.4. The molecule has 0 aliphatic heterocycles. The SMILES string of the molecule is O=C1CC(c2ccccc2)CCC1c1ccccc1. The molecule has 19 heavy (non-hydrogen) atoms. The first kappa shape index (κ1) is 12.2. The van der Waals surface area contributed by atoms with Gasteiger partial charge in [0.1, 0.15) is 5.78 Å². The number of carbonyl (C=O) groups is 1. The van der Waals surface area contributed by atoms with E-state index in [0.29, 0.717) is 18.1 Å². The number of benzene rings is 2. The molecule has 3 rings (SSSR count). The number of hydrogen-bond acceptors (Lipinski definition) is 1. The Morgan fingerprint density at radius 2 is 1.32 bits per heavy atom. The molecule has 0 radical (unpaired) electrons. The highest BCUT2D eigenvalue weighted by Gasteiger charge is 2.30. The second kappa shape index (κ2) is 5.40. The summed E-state index contributed by atoms with van der Waals surface area (Å²) >= 11 is 0. The zero-order chi connectivity index (χ0) is 13.1. The summed E-state index contributed by atoms with van der Waals surface area (Å²) in [5, 5.41) is 0. The predicted octanol–water partition coefficient (Wildman–Crippen LogP) is 4.31. The molecule has 1 fully saturated rings. The van der Waals surface area contributed by atoms with E-state index in [9.17, 15) is 4.79 Å². The molecule has 2 aromatic rings. The van der Waals surface area contributed by atoms with Crippen LogP contribution in [0, 0.1) is 0 Å². The Labute approximate surface area is 114 Å². The van der Waals surface area contributed by atoms with Crippen molar-refractivity contribution in [2.45, 2.75) is 31.1 Å². The van der Waals surface area contributed by atoms with E-state index < -0.39 is 0 Å². The van der Waals surface area contributed by atoms with Gasteiger partial charge in [-0.1, -0.05) is 60.7 Å². The van der Waals surface area contributed by atoms with Crippen LogP contribution < -0.4 is 0 Å². The number of Topliss-reactive ketones (excluding diaryl/α,β-unsaturated/α-hetero) is 1. The van der Waals surface area contributed by atoms with Crippen molar-refractivity contribution in [2.75, 3.05) is 0 Å². The zero-order valence-electron chi connectivity index (χ0n) is 11.0. The molecule has 1 aliphatic rings. The van der Waals surface area contributed by atoms with Gasteiger partial charge < -0.3 is 0 Å². The molecule has 1 aliphatic carbocycles. The van der Waals surface area contributed by atoms with Crippen molar-refractivity contribution >= 4 is 5.78 Å². The first-order valence-electron chi connectivity index (χ1n) is 6.97. The normalized spacial score (nSPS) is 23.3. The summed E-state index contributed by atoms with van der Waals surface area (Å²) in [4.78, 5) is 12.4. The van der Waals surface area contributed by atoms with Crippen LogP contribution in [0.2, 0.25) is 0 Å². The smallest absolute Gasteiger partial charge is 0.140 e. The van der Waals surface area contributed by atoms with E-state index in [1.165, 1.54) is 11.1 Å². The quantitative estimate of drug-likeness (QED) is 0.776. The lowest BCUT2D eigenvalue weighted by molar-refractivity contribution is -0.122. The Balaban J connectivity index is 1.75. The van der Waals surface area contributed by atoms with E-state index >= 15 is 0 Å². The number of rotatable bonds is 2. The lowest BCUT2D eigenvalue weighted by Gasteiger charge is -2.28. The van der Waals surface area contributed by atoms with Gasteiger partial charge in [-0.05, 0) is 29.9 Å². The molecule has 0 saturated heterocycles. The molecule has 0 aromatic heterocycles. The number of hydrogen-bond donors (Lipinski definition) is 0. The van der Waals surface area contributed by atoms with E-state index in [-0.39, 0.29) is 5.92 Å². The monoisotopic (exact) mass is 250 g/mol. The van der Waals surface area contributed by atoms with Crippen molar-refractivity contribution in [3.05, 3.63) is 71.8 Å². The third kappa shape index (κ3) is 2.60. The molecule has 0 amide bonds. The molecular formula is C18H18O. The maximum Gasteiger partial charge on any atom is 0.140 e. The second-order valence-electron chi connectivity index (χ2n) is 5.32. The fourth-order valence-corrected chi connectivity index (χ4v) is 3.06. The van der Waals surface area contributed by atoms with Gasteiger partial charge in [-0.3, -0.25) is 4.79 Å². The van der Waals surface area contributed by atoms with Gasteiger partial charge in [0.05, 0.1) is 0 Å². The van der Waals surface area contributed by atoms with Crippen molar-refractivity contribution in [3.8, 4) is 0 Å². The highest BCUT2D eigenvalue weighted by atomic mass is 16.1. The highest BCUT2D eigenvalue weighted by molar-refractivity contribution is 5.87. The summed E-state index contributed by atoms with van der Waals surface area (Å²) in [6, 6.07) is 20.6.